The lowest BCUT2D eigenvalue weighted by Crippen LogP contribution is -2.35. The molecule has 0 aromatic carbocycles. The molecule has 6 heteroatoms. The summed E-state index contributed by atoms with van der Waals surface area (Å²) in [6, 6.07) is 0. The molecule has 1 fully saturated rings. The SMILES string of the molecule is CCNCCS(=O)(=O)N1CCC(CO)C1. The highest BCUT2D eigenvalue weighted by Crippen LogP contribution is 2.18. The van der Waals surface area contributed by atoms with Crippen LogP contribution in [0.1, 0.15) is 13.3 Å². The first-order chi connectivity index (χ1) is 7.10. The first kappa shape index (κ1) is 12.9. The van der Waals surface area contributed by atoms with Crippen molar-refractivity contribution in [1.29, 1.82) is 0 Å². The van der Waals surface area contributed by atoms with Crippen LogP contribution in [0.2, 0.25) is 0 Å². The van der Waals surface area contributed by atoms with Crippen molar-refractivity contribution >= 4 is 10.0 Å². The number of hydrogen-bond acceptors (Lipinski definition) is 4. The quantitative estimate of drug-likeness (QED) is 0.595. The van der Waals surface area contributed by atoms with Crippen LogP contribution in [0, 0.1) is 5.92 Å². The third kappa shape index (κ3) is 3.71. The van der Waals surface area contributed by atoms with E-state index in [-0.39, 0.29) is 18.3 Å². The minimum Gasteiger partial charge on any atom is -0.396 e. The summed E-state index contributed by atoms with van der Waals surface area (Å²) in [6.45, 7) is 4.35. The summed E-state index contributed by atoms with van der Waals surface area (Å²) >= 11 is 0. The van der Waals surface area contributed by atoms with E-state index in [1.54, 1.807) is 0 Å². The van der Waals surface area contributed by atoms with Gasteiger partial charge in [-0.05, 0) is 18.9 Å². The summed E-state index contributed by atoms with van der Waals surface area (Å²) in [5.74, 6) is 0.276. The van der Waals surface area contributed by atoms with Crippen LogP contribution in [-0.2, 0) is 10.0 Å². The number of nitrogens with zero attached hydrogens (tertiary/aromatic N) is 1. The average molecular weight is 236 g/mol. The molecular weight excluding hydrogens is 216 g/mol. The van der Waals surface area contributed by atoms with Gasteiger partial charge in [0.25, 0.3) is 0 Å². The van der Waals surface area contributed by atoms with Crippen molar-refractivity contribution in [3.05, 3.63) is 0 Å². The summed E-state index contributed by atoms with van der Waals surface area (Å²) in [5, 5.41) is 11.9. The Bertz CT molecular complexity index is 279. The molecule has 1 atom stereocenters. The number of aliphatic hydroxyl groups excluding tert-OH is 1. The van der Waals surface area contributed by atoms with E-state index < -0.39 is 10.0 Å². The normalized spacial score (nSPS) is 23.5. The predicted molar refractivity (Wildman–Crippen MR) is 59.1 cm³/mol. The van der Waals surface area contributed by atoms with Gasteiger partial charge < -0.3 is 10.4 Å². The third-order valence-electron chi connectivity index (χ3n) is 2.69. The molecule has 0 aromatic rings. The maximum atomic E-state index is 11.8. The standard InChI is InChI=1S/C9H20N2O3S/c1-2-10-4-6-15(13,14)11-5-3-9(7-11)8-12/h9-10,12H,2-8H2,1H3. The fourth-order valence-corrected chi connectivity index (χ4v) is 3.19. The first-order valence-corrected chi connectivity index (χ1v) is 7.00. The zero-order valence-corrected chi connectivity index (χ0v) is 9.96. The van der Waals surface area contributed by atoms with Gasteiger partial charge in [0.2, 0.25) is 10.0 Å². The van der Waals surface area contributed by atoms with E-state index in [0.717, 1.165) is 13.0 Å². The van der Waals surface area contributed by atoms with E-state index in [1.807, 2.05) is 6.92 Å². The van der Waals surface area contributed by atoms with E-state index in [4.69, 9.17) is 5.11 Å². The van der Waals surface area contributed by atoms with Crippen molar-refractivity contribution in [2.75, 3.05) is 38.5 Å². The van der Waals surface area contributed by atoms with Crippen molar-refractivity contribution in [2.24, 2.45) is 5.92 Å². The van der Waals surface area contributed by atoms with Gasteiger partial charge in [0.05, 0.1) is 5.75 Å². The van der Waals surface area contributed by atoms with Gasteiger partial charge in [-0.15, -0.1) is 0 Å². The second-order valence-electron chi connectivity index (χ2n) is 3.86. The zero-order valence-electron chi connectivity index (χ0n) is 9.15. The molecule has 0 amide bonds. The Morgan fingerprint density at radius 2 is 2.27 bits per heavy atom. The van der Waals surface area contributed by atoms with Gasteiger partial charge in [-0.3, -0.25) is 0 Å². The van der Waals surface area contributed by atoms with Gasteiger partial charge in [-0.1, -0.05) is 6.92 Å². The molecule has 5 nitrogen and oxygen atoms in total. The maximum absolute atomic E-state index is 11.8. The summed E-state index contributed by atoms with van der Waals surface area (Å²) < 4.78 is 25.0. The Hall–Kier alpha value is -0.170. The molecule has 0 aliphatic carbocycles. The van der Waals surface area contributed by atoms with Gasteiger partial charge in [0, 0.05) is 26.2 Å². The smallest absolute Gasteiger partial charge is 0.215 e. The van der Waals surface area contributed by atoms with E-state index in [2.05, 4.69) is 5.32 Å². The predicted octanol–water partition coefficient (Wildman–Crippen LogP) is -0.760. The minimum absolute atomic E-state index is 0.0826. The summed E-state index contributed by atoms with van der Waals surface area (Å²) in [7, 11) is -3.12. The zero-order chi connectivity index (χ0) is 11.3. The Labute approximate surface area is 91.5 Å². The Morgan fingerprint density at radius 3 is 2.80 bits per heavy atom. The second kappa shape index (κ2) is 5.79. The molecule has 1 unspecified atom stereocenters. The summed E-state index contributed by atoms with van der Waals surface area (Å²) in [5.41, 5.74) is 0. The largest absolute Gasteiger partial charge is 0.396 e. The summed E-state index contributed by atoms with van der Waals surface area (Å²) in [6.07, 6.45) is 0.775. The van der Waals surface area contributed by atoms with Gasteiger partial charge in [-0.2, -0.15) is 0 Å². The highest BCUT2D eigenvalue weighted by molar-refractivity contribution is 7.89. The minimum atomic E-state index is -3.12. The van der Waals surface area contributed by atoms with Crippen LogP contribution in [0.5, 0.6) is 0 Å². The Morgan fingerprint density at radius 1 is 1.53 bits per heavy atom. The van der Waals surface area contributed by atoms with E-state index in [9.17, 15) is 8.42 Å². The molecule has 0 saturated carbocycles. The van der Waals surface area contributed by atoms with Crippen molar-refractivity contribution in [3.63, 3.8) is 0 Å². The molecule has 2 N–H and O–H groups in total. The molecule has 1 aliphatic heterocycles. The van der Waals surface area contributed by atoms with Crippen LogP contribution >= 0.6 is 0 Å². The van der Waals surface area contributed by atoms with Gasteiger partial charge in [0.1, 0.15) is 0 Å². The fraction of sp³-hybridized carbons (Fsp3) is 1.00. The van der Waals surface area contributed by atoms with Crippen molar-refractivity contribution in [3.8, 4) is 0 Å². The molecule has 90 valence electrons. The van der Waals surface area contributed by atoms with Crippen molar-refractivity contribution < 1.29 is 13.5 Å². The number of hydrogen-bond donors (Lipinski definition) is 2. The maximum Gasteiger partial charge on any atom is 0.215 e. The van der Waals surface area contributed by atoms with Gasteiger partial charge in [0.15, 0.2) is 0 Å². The van der Waals surface area contributed by atoms with Crippen LogP contribution in [0.4, 0.5) is 0 Å². The van der Waals surface area contributed by atoms with Crippen molar-refractivity contribution in [2.45, 2.75) is 13.3 Å². The first-order valence-electron chi connectivity index (χ1n) is 5.39. The molecule has 0 bridgehead atoms. The molecule has 1 saturated heterocycles. The number of aliphatic hydroxyl groups is 1. The second-order valence-corrected chi connectivity index (χ2v) is 5.95. The van der Waals surface area contributed by atoms with Gasteiger partial charge in [-0.25, -0.2) is 12.7 Å². The average Bonchev–Trinajstić information content (AvgIpc) is 2.66. The molecule has 1 heterocycles. The van der Waals surface area contributed by atoms with Crippen LogP contribution < -0.4 is 5.32 Å². The Kier molecular flexibility index (Phi) is 4.98. The van der Waals surface area contributed by atoms with E-state index >= 15 is 0 Å². The molecule has 1 rings (SSSR count). The molecular formula is C9H20N2O3S. The van der Waals surface area contributed by atoms with Crippen LogP contribution in [-0.4, -0.2) is 56.4 Å². The molecule has 0 spiro atoms. The summed E-state index contributed by atoms with van der Waals surface area (Å²) in [4.78, 5) is 0. The third-order valence-corrected chi connectivity index (χ3v) is 4.53. The lowest BCUT2D eigenvalue weighted by atomic mass is 10.1. The van der Waals surface area contributed by atoms with Gasteiger partial charge >= 0.3 is 0 Å². The lowest BCUT2D eigenvalue weighted by Gasteiger charge is -2.16. The molecule has 0 aromatic heterocycles. The molecule has 0 radical (unpaired) electrons. The molecule has 15 heavy (non-hydrogen) atoms. The highest BCUT2D eigenvalue weighted by Gasteiger charge is 2.30. The van der Waals surface area contributed by atoms with E-state index in [0.29, 0.717) is 19.6 Å². The Balaban J connectivity index is 2.41. The number of nitrogens with one attached hydrogen (secondary N) is 1. The number of rotatable bonds is 6. The lowest BCUT2D eigenvalue weighted by molar-refractivity contribution is 0.233. The van der Waals surface area contributed by atoms with Crippen LogP contribution in [0.3, 0.4) is 0 Å². The van der Waals surface area contributed by atoms with Crippen LogP contribution in [0.25, 0.3) is 0 Å². The molecule has 1 aliphatic rings. The van der Waals surface area contributed by atoms with Crippen LogP contribution in [0.15, 0.2) is 0 Å². The van der Waals surface area contributed by atoms with Crippen molar-refractivity contribution in [1.82, 2.24) is 9.62 Å². The fourth-order valence-electron chi connectivity index (χ4n) is 1.71. The van der Waals surface area contributed by atoms with E-state index in [1.165, 1.54) is 4.31 Å². The monoisotopic (exact) mass is 236 g/mol. The topological polar surface area (TPSA) is 69.6 Å². The number of sulfonamides is 1. The highest BCUT2D eigenvalue weighted by atomic mass is 32.2.